The maximum Gasteiger partial charge on any atom is 0.340 e. The number of hydrogen-bond acceptors (Lipinski definition) is 3. The fourth-order valence-corrected chi connectivity index (χ4v) is 1.99. The highest BCUT2D eigenvalue weighted by molar-refractivity contribution is 9.09. The number of carbonyl (C=O) groups is 1. The summed E-state index contributed by atoms with van der Waals surface area (Å²) in [5, 5.41) is -0.383. The number of benzene rings is 1. The first kappa shape index (κ1) is 8.56. The number of alkyl halides is 1. The molecule has 1 aliphatic rings. The molecule has 2 rings (SSSR count). The summed E-state index contributed by atoms with van der Waals surface area (Å²) >= 11 is 3.25. The van der Waals surface area contributed by atoms with Crippen LogP contribution in [0.4, 0.5) is 0 Å². The van der Waals surface area contributed by atoms with Crippen LogP contribution in [-0.4, -0.2) is 13.1 Å². The van der Waals surface area contributed by atoms with E-state index in [4.69, 9.17) is 9.47 Å². The third-order valence-electron chi connectivity index (χ3n) is 1.94. The molecule has 0 aromatic heterocycles. The first-order chi connectivity index (χ1) is 6.24. The Morgan fingerprint density at radius 3 is 3.00 bits per heavy atom. The number of carbonyl (C=O) groups excluding carboxylic acids is 1. The number of hydrogen-bond donors (Lipinski definition) is 0. The molecule has 0 bridgehead atoms. The fourth-order valence-electron chi connectivity index (χ4n) is 1.35. The summed E-state index contributed by atoms with van der Waals surface area (Å²) in [5.41, 5.74) is 1.34. The van der Waals surface area contributed by atoms with Gasteiger partial charge in [-0.05, 0) is 28.1 Å². The molecule has 1 atom stereocenters. The summed E-state index contributed by atoms with van der Waals surface area (Å²) in [7, 11) is 1.57. The summed E-state index contributed by atoms with van der Waals surface area (Å²) in [4.78, 5) is 11.2. The Balaban J connectivity index is 2.62. The van der Waals surface area contributed by atoms with Gasteiger partial charge in [0.1, 0.15) is 5.75 Å². The van der Waals surface area contributed by atoms with Crippen molar-refractivity contribution in [2.75, 3.05) is 7.11 Å². The molecule has 0 saturated heterocycles. The lowest BCUT2D eigenvalue weighted by Gasteiger charge is -2.06. The van der Waals surface area contributed by atoms with E-state index in [1.54, 1.807) is 25.3 Å². The highest BCUT2D eigenvalue weighted by Crippen LogP contribution is 2.40. The zero-order valence-electron chi connectivity index (χ0n) is 6.91. The molecule has 0 saturated carbocycles. The molecule has 0 aliphatic carbocycles. The lowest BCUT2D eigenvalue weighted by Crippen LogP contribution is -1.93. The third kappa shape index (κ3) is 1.21. The molecule has 4 heteroatoms. The van der Waals surface area contributed by atoms with E-state index in [9.17, 15) is 4.79 Å². The molecule has 0 radical (unpaired) electrons. The highest BCUT2D eigenvalue weighted by atomic mass is 79.9. The van der Waals surface area contributed by atoms with Crippen LogP contribution < -0.4 is 4.74 Å². The maximum atomic E-state index is 11.2. The number of esters is 1. The van der Waals surface area contributed by atoms with E-state index in [1.165, 1.54) is 0 Å². The number of rotatable bonds is 1. The zero-order valence-corrected chi connectivity index (χ0v) is 8.50. The van der Waals surface area contributed by atoms with E-state index < -0.39 is 0 Å². The molecule has 1 heterocycles. The number of ether oxygens (including phenoxy) is 2. The van der Waals surface area contributed by atoms with E-state index in [2.05, 4.69) is 15.9 Å². The van der Waals surface area contributed by atoms with Crippen LogP contribution in [0.5, 0.6) is 5.75 Å². The Labute approximate surface area is 83.8 Å². The Morgan fingerprint density at radius 1 is 1.54 bits per heavy atom. The van der Waals surface area contributed by atoms with E-state index in [0.717, 1.165) is 5.56 Å². The van der Waals surface area contributed by atoms with Crippen molar-refractivity contribution >= 4 is 21.9 Å². The monoisotopic (exact) mass is 242 g/mol. The number of fused-ring (bicyclic) bond motifs is 1. The molecule has 0 amide bonds. The van der Waals surface area contributed by atoms with Crippen molar-refractivity contribution in [3.8, 4) is 5.75 Å². The van der Waals surface area contributed by atoms with Crippen molar-refractivity contribution in [2.24, 2.45) is 0 Å². The molecular formula is C9H7BrO3. The minimum Gasteiger partial charge on any atom is -0.496 e. The van der Waals surface area contributed by atoms with Crippen molar-refractivity contribution in [1.29, 1.82) is 0 Å². The molecule has 1 aromatic rings. The van der Waals surface area contributed by atoms with Gasteiger partial charge in [0.05, 0.1) is 18.2 Å². The van der Waals surface area contributed by atoms with E-state index in [1.807, 2.05) is 0 Å². The Kier molecular flexibility index (Phi) is 2.00. The van der Waals surface area contributed by atoms with Crippen LogP contribution in [0, 0.1) is 0 Å². The quantitative estimate of drug-likeness (QED) is 0.560. The normalized spacial score (nSPS) is 19.5. The maximum absolute atomic E-state index is 11.2. The predicted octanol–water partition coefficient (Wildman–Crippen LogP) is 2.26. The molecule has 3 nitrogen and oxygen atoms in total. The Hall–Kier alpha value is -1.03. The van der Waals surface area contributed by atoms with E-state index in [-0.39, 0.29) is 11.0 Å². The van der Waals surface area contributed by atoms with Crippen molar-refractivity contribution in [3.05, 3.63) is 29.3 Å². The summed E-state index contributed by atoms with van der Waals surface area (Å²) in [6.45, 7) is 0. The molecule has 1 unspecified atom stereocenters. The van der Waals surface area contributed by atoms with Crippen LogP contribution in [0.25, 0.3) is 0 Å². The van der Waals surface area contributed by atoms with Crippen molar-refractivity contribution in [3.63, 3.8) is 0 Å². The molecule has 0 spiro atoms. The van der Waals surface area contributed by atoms with Crippen LogP contribution in [0.3, 0.4) is 0 Å². The lowest BCUT2D eigenvalue weighted by molar-refractivity contribution is 0.0529. The molecule has 0 fully saturated rings. The Morgan fingerprint density at radius 2 is 2.31 bits per heavy atom. The van der Waals surface area contributed by atoms with Crippen molar-refractivity contribution in [2.45, 2.75) is 5.01 Å². The summed E-state index contributed by atoms with van der Waals surface area (Å²) < 4.78 is 10.1. The van der Waals surface area contributed by atoms with Crippen molar-refractivity contribution in [1.82, 2.24) is 0 Å². The van der Waals surface area contributed by atoms with Gasteiger partial charge >= 0.3 is 5.97 Å². The molecule has 68 valence electrons. The second kappa shape index (κ2) is 3.03. The number of cyclic esters (lactones) is 1. The van der Waals surface area contributed by atoms with Gasteiger partial charge in [0.15, 0.2) is 5.01 Å². The van der Waals surface area contributed by atoms with Crippen LogP contribution in [-0.2, 0) is 4.74 Å². The summed E-state index contributed by atoms with van der Waals surface area (Å²) in [5.74, 6) is 0.362. The van der Waals surface area contributed by atoms with Gasteiger partial charge in [0.25, 0.3) is 0 Å². The Bertz CT molecular complexity index is 362. The second-order valence-corrected chi connectivity index (χ2v) is 3.47. The van der Waals surface area contributed by atoms with Crippen molar-refractivity contribution < 1.29 is 14.3 Å². The molecular weight excluding hydrogens is 236 g/mol. The zero-order chi connectivity index (χ0) is 9.42. The van der Waals surface area contributed by atoms with Crippen LogP contribution in [0.2, 0.25) is 0 Å². The van der Waals surface area contributed by atoms with Gasteiger partial charge in [-0.2, -0.15) is 0 Å². The highest BCUT2D eigenvalue weighted by Gasteiger charge is 2.31. The minimum atomic E-state index is -0.383. The third-order valence-corrected chi connectivity index (χ3v) is 2.59. The van der Waals surface area contributed by atoms with Gasteiger partial charge in [-0.15, -0.1) is 0 Å². The van der Waals surface area contributed by atoms with Crippen LogP contribution in [0.1, 0.15) is 20.9 Å². The lowest BCUT2D eigenvalue weighted by atomic mass is 10.1. The SMILES string of the molecule is COc1cccc2c1C(Br)OC2=O. The standard InChI is InChI=1S/C9H7BrO3/c1-12-6-4-2-3-5-7(6)8(10)13-9(5)11/h2-4,8H,1H3. The first-order valence-corrected chi connectivity index (χ1v) is 4.67. The average molecular weight is 243 g/mol. The van der Waals surface area contributed by atoms with Gasteiger partial charge in [-0.3, -0.25) is 0 Å². The van der Waals surface area contributed by atoms with Gasteiger partial charge < -0.3 is 9.47 Å². The smallest absolute Gasteiger partial charge is 0.340 e. The largest absolute Gasteiger partial charge is 0.496 e. The van der Waals surface area contributed by atoms with Crippen LogP contribution >= 0.6 is 15.9 Å². The predicted molar refractivity (Wildman–Crippen MR) is 50.1 cm³/mol. The fraction of sp³-hybridized carbons (Fsp3) is 0.222. The van der Waals surface area contributed by atoms with E-state index in [0.29, 0.717) is 11.3 Å². The summed E-state index contributed by atoms with van der Waals surface area (Å²) in [6.07, 6.45) is 0. The average Bonchev–Trinajstić information content (AvgIpc) is 2.43. The van der Waals surface area contributed by atoms with Gasteiger partial charge in [0.2, 0.25) is 0 Å². The first-order valence-electron chi connectivity index (χ1n) is 3.76. The minimum absolute atomic E-state index is 0.309. The molecule has 1 aliphatic heterocycles. The van der Waals surface area contributed by atoms with Crippen LogP contribution in [0.15, 0.2) is 18.2 Å². The van der Waals surface area contributed by atoms with Gasteiger partial charge in [0, 0.05) is 0 Å². The molecule has 1 aromatic carbocycles. The molecule has 0 N–H and O–H groups in total. The number of methoxy groups -OCH3 is 1. The molecule has 13 heavy (non-hydrogen) atoms. The van der Waals surface area contributed by atoms with Gasteiger partial charge in [-0.25, -0.2) is 4.79 Å². The second-order valence-electron chi connectivity index (χ2n) is 2.64. The summed E-state index contributed by atoms with van der Waals surface area (Å²) in [6, 6.07) is 5.29. The van der Waals surface area contributed by atoms with Gasteiger partial charge in [-0.1, -0.05) is 6.07 Å². The van der Waals surface area contributed by atoms with E-state index >= 15 is 0 Å². The number of halogens is 1. The topological polar surface area (TPSA) is 35.5 Å².